The van der Waals surface area contributed by atoms with Crippen molar-refractivity contribution in [2.45, 2.75) is 12.5 Å². The lowest BCUT2D eigenvalue weighted by Crippen LogP contribution is -2.30. The van der Waals surface area contributed by atoms with Gasteiger partial charge in [0.2, 0.25) is 0 Å². The van der Waals surface area contributed by atoms with Gasteiger partial charge in [0.25, 0.3) is 11.6 Å². The number of carbonyl (C=O) groups excluding carboxylic acids is 1. The number of benzene rings is 2. The fourth-order valence-electron chi connectivity index (χ4n) is 2.31. The lowest BCUT2D eigenvalue weighted by Gasteiger charge is -2.18. The van der Waals surface area contributed by atoms with Crippen molar-refractivity contribution < 1.29 is 24.4 Å². The highest BCUT2D eigenvalue weighted by molar-refractivity contribution is 6.31. The van der Waals surface area contributed by atoms with Crippen LogP contribution < -0.4 is 10.1 Å². The second-order valence-corrected chi connectivity index (χ2v) is 5.72. The number of nitro groups is 1. The van der Waals surface area contributed by atoms with Gasteiger partial charge in [-0.05, 0) is 30.3 Å². The van der Waals surface area contributed by atoms with E-state index in [9.17, 15) is 19.7 Å². The molecule has 136 valence electrons. The van der Waals surface area contributed by atoms with Crippen LogP contribution in [-0.4, -0.2) is 29.0 Å². The van der Waals surface area contributed by atoms with Crippen molar-refractivity contribution in [2.75, 3.05) is 7.11 Å². The summed E-state index contributed by atoms with van der Waals surface area (Å²) < 4.78 is 5.01. The van der Waals surface area contributed by atoms with E-state index < -0.39 is 29.3 Å². The number of carbonyl (C=O) groups is 2. The Kier molecular flexibility index (Phi) is 6.13. The molecule has 0 saturated carbocycles. The molecule has 0 aromatic heterocycles. The first-order valence-electron chi connectivity index (χ1n) is 7.42. The fraction of sp³-hybridized carbons (Fsp3) is 0.176. The Hall–Kier alpha value is -3.13. The number of halogens is 1. The number of hydrogen-bond donors (Lipinski definition) is 2. The molecule has 26 heavy (non-hydrogen) atoms. The maximum absolute atomic E-state index is 12.4. The van der Waals surface area contributed by atoms with E-state index in [2.05, 4.69) is 5.32 Å². The SMILES string of the molecule is COc1ccc(C(=O)NC(CC(=O)O)c2cc([N+](=O)[O-])ccc2Cl)cc1. The highest BCUT2D eigenvalue weighted by Crippen LogP contribution is 2.29. The first kappa shape index (κ1) is 19.2. The van der Waals surface area contributed by atoms with Crippen LogP contribution in [0.4, 0.5) is 5.69 Å². The molecule has 9 heteroatoms. The van der Waals surface area contributed by atoms with Gasteiger partial charge < -0.3 is 15.2 Å². The highest BCUT2D eigenvalue weighted by atomic mass is 35.5. The van der Waals surface area contributed by atoms with Gasteiger partial charge in [0.1, 0.15) is 5.75 Å². The first-order valence-corrected chi connectivity index (χ1v) is 7.80. The van der Waals surface area contributed by atoms with Gasteiger partial charge in [-0.3, -0.25) is 19.7 Å². The minimum atomic E-state index is -1.19. The van der Waals surface area contributed by atoms with E-state index in [-0.39, 0.29) is 21.8 Å². The molecule has 2 aromatic rings. The van der Waals surface area contributed by atoms with Crippen molar-refractivity contribution in [3.8, 4) is 5.75 Å². The van der Waals surface area contributed by atoms with Crippen molar-refractivity contribution in [3.05, 3.63) is 68.7 Å². The smallest absolute Gasteiger partial charge is 0.305 e. The summed E-state index contributed by atoms with van der Waals surface area (Å²) in [5.74, 6) is -1.17. The van der Waals surface area contributed by atoms with Crippen LogP contribution >= 0.6 is 11.6 Å². The normalized spacial score (nSPS) is 11.5. The topological polar surface area (TPSA) is 119 Å². The third-order valence-electron chi connectivity index (χ3n) is 3.60. The fourth-order valence-corrected chi connectivity index (χ4v) is 2.56. The third kappa shape index (κ3) is 4.70. The van der Waals surface area contributed by atoms with Crippen molar-refractivity contribution >= 4 is 29.2 Å². The number of nitro benzene ring substituents is 1. The van der Waals surface area contributed by atoms with Crippen molar-refractivity contribution in [1.82, 2.24) is 5.32 Å². The van der Waals surface area contributed by atoms with Crippen LogP contribution in [0.15, 0.2) is 42.5 Å². The van der Waals surface area contributed by atoms with Gasteiger partial charge in [0.15, 0.2) is 0 Å². The molecule has 1 unspecified atom stereocenters. The molecule has 2 N–H and O–H groups in total. The van der Waals surface area contributed by atoms with Crippen LogP contribution in [0, 0.1) is 10.1 Å². The molecule has 0 aliphatic rings. The summed E-state index contributed by atoms with van der Waals surface area (Å²) in [4.78, 5) is 33.9. The Labute approximate surface area is 153 Å². The Bertz CT molecular complexity index is 838. The summed E-state index contributed by atoms with van der Waals surface area (Å²) >= 11 is 6.06. The Morgan fingerprint density at radius 1 is 1.27 bits per heavy atom. The van der Waals surface area contributed by atoms with Crippen LogP contribution in [-0.2, 0) is 4.79 Å². The lowest BCUT2D eigenvalue weighted by molar-refractivity contribution is -0.384. The van der Waals surface area contributed by atoms with Gasteiger partial charge in [-0.1, -0.05) is 11.6 Å². The summed E-state index contributed by atoms with van der Waals surface area (Å²) in [6.07, 6.45) is -0.483. The molecule has 8 nitrogen and oxygen atoms in total. The molecule has 0 spiro atoms. The molecule has 0 radical (unpaired) electrons. The number of amides is 1. The summed E-state index contributed by atoms with van der Waals surface area (Å²) in [7, 11) is 1.49. The molecule has 2 aromatic carbocycles. The van der Waals surface area contributed by atoms with Crippen molar-refractivity contribution in [3.63, 3.8) is 0 Å². The van der Waals surface area contributed by atoms with E-state index in [0.717, 1.165) is 6.07 Å². The third-order valence-corrected chi connectivity index (χ3v) is 3.95. The van der Waals surface area contributed by atoms with Gasteiger partial charge in [-0.2, -0.15) is 0 Å². The average molecular weight is 379 g/mol. The van der Waals surface area contributed by atoms with Gasteiger partial charge >= 0.3 is 5.97 Å². The van der Waals surface area contributed by atoms with Crippen molar-refractivity contribution in [2.24, 2.45) is 0 Å². The number of non-ortho nitro benzene ring substituents is 1. The second kappa shape index (κ2) is 8.30. The molecule has 0 aliphatic heterocycles. The van der Waals surface area contributed by atoms with Crippen LogP contribution in [0.2, 0.25) is 5.02 Å². The average Bonchev–Trinajstić information content (AvgIpc) is 2.61. The zero-order valence-electron chi connectivity index (χ0n) is 13.6. The zero-order valence-corrected chi connectivity index (χ0v) is 14.4. The maximum atomic E-state index is 12.4. The number of hydrogen-bond acceptors (Lipinski definition) is 5. The minimum Gasteiger partial charge on any atom is -0.497 e. The summed E-state index contributed by atoms with van der Waals surface area (Å²) in [6, 6.07) is 8.82. The van der Waals surface area contributed by atoms with Crippen LogP contribution in [0.25, 0.3) is 0 Å². The van der Waals surface area contributed by atoms with E-state index in [0.29, 0.717) is 5.75 Å². The zero-order chi connectivity index (χ0) is 19.3. The van der Waals surface area contributed by atoms with Gasteiger partial charge in [0.05, 0.1) is 24.5 Å². The lowest BCUT2D eigenvalue weighted by atomic mass is 10.0. The minimum absolute atomic E-state index is 0.122. The number of methoxy groups -OCH3 is 1. The van der Waals surface area contributed by atoms with E-state index >= 15 is 0 Å². The molecule has 0 aliphatic carbocycles. The molecule has 1 atom stereocenters. The molecule has 0 saturated heterocycles. The number of rotatable bonds is 7. The quantitative estimate of drug-likeness (QED) is 0.564. The van der Waals surface area contributed by atoms with E-state index in [1.807, 2.05) is 0 Å². The largest absolute Gasteiger partial charge is 0.497 e. The van der Waals surface area contributed by atoms with E-state index in [1.165, 1.54) is 31.4 Å². The van der Waals surface area contributed by atoms with Gasteiger partial charge in [0, 0.05) is 28.3 Å². The number of ether oxygens (including phenoxy) is 1. The highest BCUT2D eigenvalue weighted by Gasteiger charge is 2.23. The first-order chi connectivity index (χ1) is 12.3. The second-order valence-electron chi connectivity index (χ2n) is 5.32. The van der Waals surface area contributed by atoms with Gasteiger partial charge in [-0.25, -0.2) is 0 Å². The molecule has 2 rings (SSSR count). The van der Waals surface area contributed by atoms with Crippen LogP contribution in [0.1, 0.15) is 28.4 Å². The van der Waals surface area contributed by atoms with Gasteiger partial charge in [-0.15, -0.1) is 0 Å². The Morgan fingerprint density at radius 3 is 2.46 bits per heavy atom. The predicted molar refractivity (Wildman–Crippen MR) is 93.6 cm³/mol. The maximum Gasteiger partial charge on any atom is 0.305 e. The molecule has 0 bridgehead atoms. The van der Waals surface area contributed by atoms with E-state index in [4.69, 9.17) is 21.4 Å². The Balaban J connectivity index is 2.32. The number of nitrogens with zero attached hydrogens (tertiary/aromatic N) is 1. The molecular formula is C17H15ClN2O6. The number of carboxylic acid groups (broad SMARTS) is 1. The van der Waals surface area contributed by atoms with E-state index in [1.54, 1.807) is 12.1 Å². The standard InChI is InChI=1S/C17H15ClN2O6/c1-26-12-5-2-10(3-6-12)17(23)19-15(9-16(21)22)13-8-11(20(24)25)4-7-14(13)18/h2-8,15H,9H2,1H3,(H,19,23)(H,21,22). The summed E-state index contributed by atoms with van der Waals surface area (Å²) in [5, 5.41) is 22.8. The van der Waals surface area contributed by atoms with Crippen molar-refractivity contribution in [1.29, 1.82) is 0 Å². The Morgan fingerprint density at radius 2 is 1.92 bits per heavy atom. The molecule has 1 amide bonds. The molecule has 0 fully saturated rings. The number of carboxylic acids is 1. The number of aliphatic carboxylic acids is 1. The number of nitrogens with one attached hydrogen (secondary N) is 1. The van der Waals surface area contributed by atoms with Crippen LogP contribution in [0.3, 0.4) is 0 Å². The summed E-state index contributed by atoms with van der Waals surface area (Å²) in [5.41, 5.74) is 0.186. The molecular weight excluding hydrogens is 364 g/mol. The van der Waals surface area contributed by atoms with Crippen LogP contribution in [0.5, 0.6) is 5.75 Å². The predicted octanol–water partition coefficient (Wildman–Crippen LogP) is 3.20. The monoisotopic (exact) mass is 378 g/mol. The summed E-state index contributed by atoms with van der Waals surface area (Å²) in [6.45, 7) is 0. The molecule has 0 heterocycles.